The molecule has 2 aliphatic heterocycles. The lowest BCUT2D eigenvalue weighted by atomic mass is 9.76. The van der Waals surface area contributed by atoms with Gasteiger partial charge in [-0.25, -0.2) is 0 Å². The molecule has 1 fully saturated rings. The highest BCUT2D eigenvalue weighted by Crippen LogP contribution is 2.40. The van der Waals surface area contributed by atoms with E-state index in [1.165, 1.54) is 0 Å². The lowest BCUT2D eigenvalue weighted by Crippen LogP contribution is -2.58. The van der Waals surface area contributed by atoms with Crippen molar-refractivity contribution in [3.05, 3.63) is 53.6 Å². The SMILES string of the molecule is CNC(=O)C(C)(C)C[C@@H]1C[C@H](c2ccc(OCCCOC)cc2)[C@@H](OCc2ccc3c(c2)N(CCCOC)CCO3)CN1C(=O)C(N)C(C)C. The molecule has 11 heteroatoms. The lowest BCUT2D eigenvalue weighted by Gasteiger charge is -2.47. The van der Waals surface area contributed by atoms with Crippen molar-refractivity contribution in [2.75, 3.05) is 72.2 Å². The first-order valence-corrected chi connectivity index (χ1v) is 18.1. The molecule has 2 aromatic carbocycles. The molecule has 2 amide bonds. The zero-order valence-electron chi connectivity index (χ0n) is 31.2. The summed E-state index contributed by atoms with van der Waals surface area (Å²) >= 11 is 0. The fourth-order valence-electron chi connectivity index (χ4n) is 6.97. The first-order valence-electron chi connectivity index (χ1n) is 18.1. The van der Waals surface area contributed by atoms with E-state index >= 15 is 0 Å². The van der Waals surface area contributed by atoms with Crippen molar-refractivity contribution < 1.29 is 33.3 Å². The Hall–Kier alpha value is -3.38. The quantitative estimate of drug-likeness (QED) is 0.213. The van der Waals surface area contributed by atoms with Crippen molar-refractivity contribution in [2.24, 2.45) is 17.1 Å². The molecule has 2 aromatic rings. The molecule has 4 atom stereocenters. The summed E-state index contributed by atoms with van der Waals surface area (Å²) in [5.74, 6) is 1.43. The number of hydrogen-bond donors (Lipinski definition) is 2. The normalized spacial score (nSPS) is 19.9. The van der Waals surface area contributed by atoms with Crippen molar-refractivity contribution in [1.29, 1.82) is 0 Å². The van der Waals surface area contributed by atoms with E-state index in [1.807, 2.05) is 50.8 Å². The minimum Gasteiger partial charge on any atom is -0.494 e. The number of hydrogen-bond acceptors (Lipinski definition) is 9. The molecule has 11 nitrogen and oxygen atoms in total. The average Bonchev–Trinajstić information content (AvgIpc) is 3.11. The van der Waals surface area contributed by atoms with Crippen LogP contribution in [0.15, 0.2) is 42.5 Å². The fraction of sp³-hybridized carbons (Fsp3) is 0.641. The van der Waals surface area contributed by atoms with Gasteiger partial charge in [0, 0.05) is 71.4 Å². The number of fused-ring (bicyclic) bond motifs is 1. The van der Waals surface area contributed by atoms with Crippen LogP contribution in [0.4, 0.5) is 5.69 Å². The van der Waals surface area contributed by atoms with Crippen LogP contribution in [-0.2, 0) is 30.4 Å². The van der Waals surface area contributed by atoms with E-state index in [1.54, 1.807) is 21.3 Å². The van der Waals surface area contributed by atoms with Crippen LogP contribution >= 0.6 is 0 Å². The number of carbonyl (C=O) groups is 2. The third kappa shape index (κ3) is 10.3. The number of ether oxygens (including phenoxy) is 5. The molecule has 0 radical (unpaired) electrons. The molecular weight excluding hydrogens is 636 g/mol. The third-order valence-corrected chi connectivity index (χ3v) is 9.96. The maximum Gasteiger partial charge on any atom is 0.240 e. The van der Waals surface area contributed by atoms with Gasteiger partial charge in [-0.2, -0.15) is 0 Å². The summed E-state index contributed by atoms with van der Waals surface area (Å²) in [6.45, 7) is 12.8. The Balaban J connectivity index is 1.63. The molecule has 0 aromatic heterocycles. The maximum absolute atomic E-state index is 14.0. The third-order valence-electron chi connectivity index (χ3n) is 9.96. The Labute approximate surface area is 299 Å². The van der Waals surface area contributed by atoms with Gasteiger partial charge >= 0.3 is 0 Å². The van der Waals surface area contributed by atoms with Crippen LogP contribution < -0.4 is 25.4 Å². The number of rotatable bonds is 18. The first kappa shape index (κ1) is 39.4. The highest BCUT2D eigenvalue weighted by Gasteiger charge is 2.44. The van der Waals surface area contributed by atoms with E-state index in [2.05, 4.69) is 34.5 Å². The summed E-state index contributed by atoms with van der Waals surface area (Å²) in [4.78, 5) is 31.2. The molecule has 0 aliphatic carbocycles. The Morgan fingerprint density at radius 1 is 1.04 bits per heavy atom. The second kappa shape index (κ2) is 18.7. The Morgan fingerprint density at radius 2 is 1.76 bits per heavy atom. The van der Waals surface area contributed by atoms with Crippen molar-refractivity contribution in [3.63, 3.8) is 0 Å². The summed E-state index contributed by atoms with van der Waals surface area (Å²) in [6, 6.07) is 13.5. The molecule has 278 valence electrons. The van der Waals surface area contributed by atoms with Crippen LogP contribution in [0, 0.1) is 11.3 Å². The van der Waals surface area contributed by atoms with Gasteiger partial charge in [0.05, 0.1) is 37.6 Å². The molecule has 2 heterocycles. The van der Waals surface area contributed by atoms with Gasteiger partial charge < -0.3 is 44.5 Å². The minimum atomic E-state index is -0.696. The summed E-state index contributed by atoms with van der Waals surface area (Å²) in [7, 11) is 5.06. The van der Waals surface area contributed by atoms with Crippen LogP contribution in [0.25, 0.3) is 0 Å². The van der Waals surface area contributed by atoms with Crippen LogP contribution in [0.5, 0.6) is 11.5 Å². The molecular formula is C39H60N4O7. The number of amides is 2. The molecule has 0 bridgehead atoms. The van der Waals surface area contributed by atoms with E-state index in [-0.39, 0.29) is 35.8 Å². The Morgan fingerprint density at radius 3 is 2.44 bits per heavy atom. The number of anilines is 1. The van der Waals surface area contributed by atoms with E-state index in [4.69, 9.17) is 29.4 Å². The van der Waals surface area contributed by atoms with Crippen molar-refractivity contribution >= 4 is 17.5 Å². The van der Waals surface area contributed by atoms with Crippen LogP contribution in [0.2, 0.25) is 0 Å². The number of nitrogens with zero attached hydrogens (tertiary/aromatic N) is 2. The van der Waals surface area contributed by atoms with Gasteiger partial charge in [-0.15, -0.1) is 0 Å². The fourth-order valence-corrected chi connectivity index (χ4v) is 6.97. The van der Waals surface area contributed by atoms with E-state index in [0.717, 1.165) is 54.2 Å². The molecule has 1 unspecified atom stereocenters. The van der Waals surface area contributed by atoms with E-state index in [0.29, 0.717) is 52.4 Å². The van der Waals surface area contributed by atoms with Gasteiger partial charge in [0.25, 0.3) is 0 Å². The predicted molar refractivity (Wildman–Crippen MR) is 196 cm³/mol. The van der Waals surface area contributed by atoms with Gasteiger partial charge in [0.1, 0.15) is 18.1 Å². The van der Waals surface area contributed by atoms with Gasteiger partial charge in [-0.3, -0.25) is 9.59 Å². The molecule has 0 saturated carbocycles. The smallest absolute Gasteiger partial charge is 0.240 e. The first-order chi connectivity index (χ1) is 24.0. The highest BCUT2D eigenvalue weighted by molar-refractivity contribution is 5.83. The number of benzene rings is 2. The number of piperidine rings is 1. The van der Waals surface area contributed by atoms with Crippen LogP contribution in [0.1, 0.15) is 70.4 Å². The largest absolute Gasteiger partial charge is 0.494 e. The highest BCUT2D eigenvalue weighted by atomic mass is 16.5. The molecule has 1 saturated heterocycles. The Kier molecular flexibility index (Phi) is 14.8. The molecule has 50 heavy (non-hydrogen) atoms. The molecule has 4 rings (SSSR count). The van der Waals surface area contributed by atoms with Gasteiger partial charge in [0.15, 0.2) is 0 Å². The zero-order chi connectivity index (χ0) is 36.3. The predicted octanol–water partition coefficient (Wildman–Crippen LogP) is 4.75. The summed E-state index contributed by atoms with van der Waals surface area (Å²) in [5, 5.41) is 2.81. The van der Waals surface area contributed by atoms with Crippen molar-refractivity contribution in [3.8, 4) is 11.5 Å². The molecule has 0 spiro atoms. The van der Waals surface area contributed by atoms with Crippen LogP contribution in [-0.4, -0.2) is 102 Å². The van der Waals surface area contributed by atoms with Gasteiger partial charge in [-0.05, 0) is 60.6 Å². The minimum absolute atomic E-state index is 0.0335. The van der Waals surface area contributed by atoms with Crippen molar-refractivity contribution in [1.82, 2.24) is 10.2 Å². The van der Waals surface area contributed by atoms with Crippen molar-refractivity contribution in [2.45, 2.75) is 84.1 Å². The molecule has 3 N–H and O–H groups in total. The van der Waals surface area contributed by atoms with Crippen LogP contribution in [0.3, 0.4) is 0 Å². The van der Waals surface area contributed by atoms with Gasteiger partial charge in [0.2, 0.25) is 11.8 Å². The average molecular weight is 697 g/mol. The zero-order valence-corrected chi connectivity index (χ0v) is 31.2. The summed E-state index contributed by atoms with van der Waals surface area (Å²) in [6.07, 6.45) is 2.55. The van der Waals surface area contributed by atoms with E-state index < -0.39 is 11.5 Å². The van der Waals surface area contributed by atoms with Gasteiger partial charge in [-0.1, -0.05) is 45.9 Å². The maximum atomic E-state index is 14.0. The number of nitrogens with one attached hydrogen (secondary N) is 1. The topological polar surface area (TPSA) is 125 Å². The summed E-state index contributed by atoms with van der Waals surface area (Å²) < 4.78 is 29.2. The standard InChI is InChI=1S/C39H60N4O7/c1-27(2)36(40)37(44)43-25-35(50-26-28-10-15-34-33(22-28)42(17-21-49-34)16-8-18-46-6)32(23-30(43)24-39(3,4)38(45)41-5)29-11-13-31(14-12-29)48-20-9-19-47-7/h10-15,22,27,30,32,35-36H,8-9,16-21,23-26,40H2,1-7H3,(H,41,45)/t30-,32+,35-,36?/m0/s1. The summed E-state index contributed by atoms with van der Waals surface area (Å²) in [5.41, 5.74) is 9.00. The second-order valence-corrected chi connectivity index (χ2v) is 14.5. The number of likely N-dealkylation sites (tertiary alicyclic amines) is 1. The van der Waals surface area contributed by atoms with E-state index in [9.17, 15) is 9.59 Å². The number of carbonyl (C=O) groups excluding carboxylic acids is 2. The monoisotopic (exact) mass is 696 g/mol. The number of nitrogens with two attached hydrogens (primary N) is 1. The number of methoxy groups -OCH3 is 2. The molecule has 2 aliphatic rings. The Bertz CT molecular complexity index is 1370. The second-order valence-electron chi connectivity index (χ2n) is 14.5. The lowest BCUT2D eigenvalue weighted by molar-refractivity contribution is -0.146.